The number of aryl methyl sites for hydroxylation is 1. The van der Waals surface area contributed by atoms with E-state index in [1.165, 1.54) is 24.9 Å². The van der Waals surface area contributed by atoms with Gasteiger partial charge in [0, 0.05) is 17.0 Å². The minimum Gasteiger partial charge on any atom is -0.465 e. The third-order valence-electron chi connectivity index (χ3n) is 4.73. The van der Waals surface area contributed by atoms with Gasteiger partial charge in [0.15, 0.2) is 0 Å². The average molecular weight is 338 g/mol. The maximum absolute atomic E-state index is 12.5. The van der Waals surface area contributed by atoms with Crippen molar-refractivity contribution in [3.63, 3.8) is 0 Å². The van der Waals surface area contributed by atoms with Crippen LogP contribution in [-0.2, 0) is 9.53 Å². The van der Waals surface area contributed by atoms with Crippen molar-refractivity contribution in [1.82, 2.24) is 4.90 Å². The second-order valence-corrected chi connectivity index (χ2v) is 7.55. The molecular formula is C17H26N2O3S. The third kappa shape index (κ3) is 3.93. The Bertz CT molecular complexity index is 587. The number of hydrogen-bond donors (Lipinski definition) is 1. The summed E-state index contributed by atoms with van der Waals surface area (Å²) in [6, 6.07) is 0.827. The molecule has 0 bridgehead atoms. The van der Waals surface area contributed by atoms with E-state index in [9.17, 15) is 9.59 Å². The van der Waals surface area contributed by atoms with Crippen molar-refractivity contribution in [1.29, 1.82) is 0 Å². The second kappa shape index (κ2) is 7.45. The van der Waals surface area contributed by atoms with Crippen LogP contribution in [-0.4, -0.2) is 42.5 Å². The number of thiophene rings is 1. The Morgan fingerprint density at radius 1 is 1.26 bits per heavy atom. The first-order chi connectivity index (χ1) is 10.8. The van der Waals surface area contributed by atoms with E-state index in [0.29, 0.717) is 29.2 Å². The van der Waals surface area contributed by atoms with E-state index in [0.717, 1.165) is 23.3 Å². The second-order valence-electron chi connectivity index (χ2n) is 6.33. The smallest absolute Gasteiger partial charge is 0.341 e. The number of ether oxygens (including phenoxy) is 1. The van der Waals surface area contributed by atoms with E-state index in [-0.39, 0.29) is 5.91 Å². The first-order valence-electron chi connectivity index (χ1n) is 8.09. The number of likely N-dealkylation sites (tertiary alicyclic amines) is 1. The molecule has 1 fully saturated rings. The largest absolute Gasteiger partial charge is 0.465 e. The molecule has 0 spiro atoms. The number of esters is 1. The van der Waals surface area contributed by atoms with Crippen LogP contribution in [0.15, 0.2) is 0 Å². The summed E-state index contributed by atoms with van der Waals surface area (Å²) in [7, 11) is 1.36. The number of carbonyl (C=O) groups excluding carboxylic acids is 2. The highest BCUT2D eigenvalue weighted by molar-refractivity contribution is 7.16. The van der Waals surface area contributed by atoms with Crippen LogP contribution in [0.2, 0.25) is 0 Å². The fourth-order valence-electron chi connectivity index (χ4n) is 3.18. The van der Waals surface area contributed by atoms with Gasteiger partial charge in [-0.05, 0) is 46.1 Å². The lowest BCUT2D eigenvalue weighted by Gasteiger charge is -2.38. The zero-order chi connectivity index (χ0) is 17.1. The van der Waals surface area contributed by atoms with Gasteiger partial charge < -0.3 is 10.1 Å². The fraction of sp³-hybridized carbons (Fsp3) is 0.647. The van der Waals surface area contributed by atoms with Gasteiger partial charge in [-0.1, -0.05) is 6.42 Å². The van der Waals surface area contributed by atoms with Crippen LogP contribution in [0.1, 0.15) is 53.9 Å². The highest BCUT2D eigenvalue weighted by atomic mass is 32.1. The summed E-state index contributed by atoms with van der Waals surface area (Å²) in [6.45, 7) is 8.52. The Balaban J connectivity index is 2.11. The van der Waals surface area contributed by atoms with E-state index in [2.05, 4.69) is 24.1 Å². The summed E-state index contributed by atoms with van der Waals surface area (Å²) in [5, 5.41) is 3.50. The lowest BCUT2D eigenvalue weighted by molar-refractivity contribution is -0.118. The van der Waals surface area contributed by atoms with Gasteiger partial charge in [0.1, 0.15) is 5.00 Å². The van der Waals surface area contributed by atoms with Crippen LogP contribution in [0.5, 0.6) is 0 Å². The van der Waals surface area contributed by atoms with Crippen molar-refractivity contribution in [3.05, 3.63) is 16.0 Å². The highest BCUT2D eigenvalue weighted by Gasteiger charge is 2.27. The SMILES string of the molecule is COC(=O)c1c(NC(=O)CN2C(C)CCCC2C)sc(C)c1C. The average Bonchev–Trinajstić information content (AvgIpc) is 2.77. The Morgan fingerprint density at radius 2 is 1.87 bits per heavy atom. The van der Waals surface area contributed by atoms with Crippen molar-refractivity contribution in [2.45, 2.75) is 59.0 Å². The number of hydrogen-bond acceptors (Lipinski definition) is 5. The molecule has 6 heteroatoms. The summed E-state index contributed by atoms with van der Waals surface area (Å²) >= 11 is 1.43. The van der Waals surface area contributed by atoms with Crippen LogP contribution in [0, 0.1) is 13.8 Å². The van der Waals surface area contributed by atoms with Crippen LogP contribution in [0.25, 0.3) is 0 Å². The number of rotatable bonds is 4. The normalized spacial score (nSPS) is 22.0. The summed E-state index contributed by atoms with van der Waals surface area (Å²) in [4.78, 5) is 27.7. The van der Waals surface area contributed by atoms with E-state index in [1.54, 1.807) is 0 Å². The molecule has 1 aromatic rings. The molecule has 2 heterocycles. The van der Waals surface area contributed by atoms with E-state index >= 15 is 0 Å². The van der Waals surface area contributed by atoms with Crippen LogP contribution >= 0.6 is 11.3 Å². The number of methoxy groups -OCH3 is 1. The lowest BCUT2D eigenvalue weighted by Crippen LogP contribution is -2.47. The van der Waals surface area contributed by atoms with Crippen LogP contribution < -0.4 is 5.32 Å². The number of nitrogens with one attached hydrogen (secondary N) is 1. The Kier molecular flexibility index (Phi) is 5.81. The maximum Gasteiger partial charge on any atom is 0.341 e. The van der Waals surface area contributed by atoms with E-state index in [4.69, 9.17) is 4.74 Å². The minimum absolute atomic E-state index is 0.0722. The van der Waals surface area contributed by atoms with Crippen molar-refractivity contribution in [2.75, 3.05) is 19.0 Å². The lowest BCUT2D eigenvalue weighted by atomic mass is 9.97. The molecule has 0 aromatic carbocycles. The predicted molar refractivity (Wildman–Crippen MR) is 93.2 cm³/mol. The predicted octanol–water partition coefficient (Wildman–Crippen LogP) is 3.35. The minimum atomic E-state index is -0.401. The van der Waals surface area contributed by atoms with Gasteiger partial charge in [-0.2, -0.15) is 0 Å². The fourth-order valence-corrected chi connectivity index (χ4v) is 4.25. The molecular weight excluding hydrogens is 312 g/mol. The molecule has 1 aliphatic rings. The van der Waals surface area contributed by atoms with Crippen molar-refractivity contribution in [3.8, 4) is 0 Å². The Labute approximate surface area is 142 Å². The first-order valence-corrected chi connectivity index (χ1v) is 8.90. The number of amides is 1. The number of piperidine rings is 1. The van der Waals surface area contributed by atoms with Crippen molar-refractivity contribution >= 4 is 28.2 Å². The van der Waals surface area contributed by atoms with E-state index < -0.39 is 5.97 Å². The van der Waals surface area contributed by atoms with Gasteiger partial charge in [0.05, 0.1) is 19.2 Å². The molecule has 2 rings (SSSR count). The summed E-state index contributed by atoms with van der Waals surface area (Å²) in [5.74, 6) is -0.473. The Hall–Kier alpha value is -1.40. The highest BCUT2D eigenvalue weighted by Crippen LogP contribution is 2.33. The van der Waals surface area contributed by atoms with Gasteiger partial charge in [-0.25, -0.2) is 4.79 Å². The first kappa shape index (κ1) is 17.9. The molecule has 23 heavy (non-hydrogen) atoms. The maximum atomic E-state index is 12.5. The molecule has 1 saturated heterocycles. The van der Waals surface area contributed by atoms with Crippen LogP contribution in [0.4, 0.5) is 5.00 Å². The monoisotopic (exact) mass is 338 g/mol. The molecule has 2 unspecified atom stereocenters. The molecule has 1 aromatic heterocycles. The molecule has 2 atom stereocenters. The molecule has 1 amide bonds. The number of carbonyl (C=O) groups is 2. The zero-order valence-electron chi connectivity index (χ0n) is 14.6. The summed E-state index contributed by atoms with van der Waals surface area (Å²) in [5.41, 5.74) is 1.35. The molecule has 128 valence electrons. The van der Waals surface area contributed by atoms with Gasteiger partial charge in [0.2, 0.25) is 5.91 Å². The van der Waals surface area contributed by atoms with Crippen molar-refractivity contribution in [2.24, 2.45) is 0 Å². The number of nitrogens with zero attached hydrogens (tertiary/aromatic N) is 1. The molecule has 0 aliphatic carbocycles. The molecule has 5 nitrogen and oxygen atoms in total. The summed E-state index contributed by atoms with van der Waals surface area (Å²) in [6.07, 6.45) is 3.47. The van der Waals surface area contributed by atoms with Crippen LogP contribution in [0.3, 0.4) is 0 Å². The molecule has 1 N–H and O–H groups in total. The summed E-state index contributed by atoms with van der Waals surface area (Å²) < 4.78 is 4.84. The van der Waals surface area contributed by atoms with Crippen molar-refractivity contribution < 1.29 is 14.3 Å². The topological polar surface area (TPSA) is 58.6 Å². The van der Waals surface area contributed by atoms with Gasteiger partial charge in [-0.15, -0.1) is 11.3 Å². The Morgan fingerprint density at radius 3 is 2.43 bits per heavy atom. The molecule has 1 aliphatic heterocycles. The van der Waals surface area contributed by atoms with Gasteiger partial charge >= 0.3 is 5.97 Å². The third-order valence-corrected chi connectivity index (χ3v) is 5.85. The molecule has 0 saturated carbocycles. The van der Waals surface area contributed by atoms with E-state index in [1.807, 2.05) is 13.8 Å². The quantitative estimate of drug-likeness (QED) is 0.855. The zero-order valence-corrected chi connectivity index (χ0v) is 15.4. The van der Waals surface area contributed by atoms with Gasteiger partial charge in [0.25, 0.3) is 0 Å². The molecule has 0 radical (unpaired) electrons. The van der Waals surface area contributed by atoms with Gasteiger partial charge in [-0.3, -0.25) is 9.69 Å². The standard InChI is InChI=1S/C17H26N2O3S/c1-10-7-6-8-11(2)19(10)9-14(20)18-16-15(17(21)22-5)12(3)13(4)23-16/h10-11H,6-9H2,1-5H3,(H,18,20). The number of anilines is 1.